The van der Waals surface area contributed by atoms with Crippen LogP contribution in [0.1, 0.15) is 45.8 Å². The van der Waals surface area contributed by atoms with Crippen LogP contribution in [0, 0.1) is 23.7 Å². The first kappa shape index (κ1) is 37.0. The van der Waals surface area contributed by atoms with Gasteiger partial charge in [0.2, 0.25) is 11.8 Å². The summed E-state index contributed by atoms with van der Waals surface area (Å²) in [7, 11) is 0. The molecule has 0 unspecified atom stereocenters. The highest BCUT2D eigenvalue weighted by atomic mass is 35.5. The number of allylic oxidation sites excluding steroid dienone is 2. The number of phenolic OH excluding ortho intramolecular Hbond substituents is 1. The number of carboxylic acids is 1. The van der Waals surface area contributed by atoms with Crippen LogP contribution in [0.2, 0.25) is 10.0 Å². The number of phenols is 2. The maximum absolute atomic E-state index is 15.2. The maximum Gasteiger partial charge on any atom is 0.417 e. The fraction of sp³-hybridized carbons (Fsp3) is 0.231. The molecule has 2 aliphatic heterocycles. The number of rotatable bonds is 6. The summed E-state index contributed by atoms with van der Waals surface area (Å²) in [5.41, 5.74) is 0.0298. The van der Waals surface area contributed by atoms with Crippen LogP contribution >= 0.6 is 23.2 Å². The van der Waals surface area contributed by atoms with Crippen molar-refractivity contribution in [3.63, 3.8) is 0 Å². The number of hydrazine groups is 1. The van der Waals surface area contributed by atoms with Crippen LogP contribution in [0.4, 0.5) is 24.7 Å². The van der Waals surface area contributed by atoms with Crippen LogP contribution in [-0.2, 0) is 30.8 Å². The Hall–Kier alpha value is -5.93. The predicted octanol–water partition coefficient (Wildman–Crippen LogP) is 6.71. The number of aromatic nitrogens is 1. The lowest BCUT2D eigenvalue weighted by atomic mass is 9.49. The number of amides is 4. The van der Waals surface area contributed by atoms with Gasteiger partial charge in [0.25, 0.3) is 11.8 Å². The van der Waals surface area contributed by atoms with Crippen LogP contribution in [0.15, 0.2) is 90.6 Å². The van der Waals surface area contributed by atoms with Gasteiger partial charge in [0.1, 0.15) is 17.1 Å². The number of fused-ring (bicyclic) bond motifs is 4. The number of benzene rings is 3. The molecule has 6 atom stereocenters. The van der Waals surface area contributed by atoms with Crippen molar-refractivity contribution in [2.75, 3.05) is 10.3 Å². The Morgan fingerprint density at radius 3 is 2.25 bits per heavy atom. The number of halogens is 5. The van der Waals surface area contributed by atoms with E-state index in [1.165, 1.54) is 24.3 Å². The largest absolute Gasteiger partial charge is 0.508 e. The standard InChI is InChI=1S/C39H27Cl2F3N4O8/c40-19-7-5-17(6-8-19)38-26(34(52)48(37(38)56)46-32-27(41)13-18(16-45-32)39(42,43)44)15-25-21(31(38)22-3-1-2-4-28(22)49)11-12-24-30(25)35(53)47(33(24)51)20-9-10-23(36(54)55)29(50)14-20/h1-11,13-14,16,24-26,30-31,49-50H,12,15H2,(H,45,46)(H,54,55)/t24-,25+,26-,30-,31+,38+/m0/s1. The molecule has 3 fully saturated rings. The number of alkyl halides is 3. The molecule has 2 saturated heterocycles. The zero-order valence-electron chi connectivity index (χ0n) is 28.5. The highest BCUT2D eigenvalue weighted by Gasteiger charge is 2.70. The monoisotopic (exact) mass is 806 g/mol. The fourth-order valence-corrected chi connectivity index (χ4v) is 9.29. The number of hydrogen-bond acceptors (Lipinski definition) is 9. The lowest BCUT2D eigenvalue weighted by Crippen LogP contribution is -2.53. The highest BCUT2D eigenvalue weighted by Crippen LogP contribution is 2.65. The molecule has 3 heterocycles. The first-order chi connectivity index (χ1) is 26.5. The van der Waals surface area contributed by atoms with Crippen molar-refractivity contribution in [2.45, 2.75) is 30.4 Å². The maximum atomic E-state index is 15.2. The molecule has 8 rings (SSSR count). The molecule has 0 radical (unpaired) electrons. The topological polar surface area (TPSA) is 177 Å². The average molecular weight is 808 g/mol. The number of imide groups is 2. The third kappa shape index (κ3) is 5.43. The minimum Gasteiger partial charge on any atom is -0.508 e. The minimum atomic E-state index is -4.79. The van der Waals surface area contributed by atoms with Crippen LogP contribution in [0.3, 0.4) is 0 Å². The van der Waals surface area contributed by atoms with Crippen molar-refractivity contribution in [3.05, 3.63) is 123 Å². The van der Waals surface area contributed by atoms with E-state index in [2.05, 4.69) is 10.4 Å². The summed E-state index contributed by atoms with van der Waals surface area (Å²) < 4.78 is 40.4. The quantitative estimate of drug-likeness (QED) is 0.121. The molecule has 4 aliphatic rings. The second kappa shape index (κ2) is 13.1. The lowest BCUT2D eigenvalue weighted by molar-refractivity contribution is -0.139. The van der Waals surface area contributed by atoms with Crippen LogP contribution < -0.4 is 10.3 Å². The van der Waals surface area contributed by atoms with E-state index in [0.29, 0.717) is 33.4 Å². The number of hydrogen-bond donors (Lipinski definition) is 4. The van der Waals surface area contributed by atoms with E-state index in [9.17, 15) is 47.7 Å². The number of carbonyl (C=O) groups excluding carboxylic acids is 4. The zero-order valence-corrected chi connectivity index (χ0v) is 30.0. The van der Waals surface area contributed by atoms with Crippen molar-refractivity contribution in [2.24, 2.45) is 23.7 Å². The third-order valence-electron chi connectivity index (χ3n) is 11.3. The van der Waals surface area contributed by atoms with Gasteiger partial charge in [-0.15, -0.1) is 0 Å². The third-order valence-corrected chi connectivity index (χ3v) is 11.8. The second-order valence-electron chi connectivity index (χ2n) is 14.0. The van der Waals surface area contributed by atoms with E-state index >= 15 is 4.79 Å². The summed E-state index contributed by atoms with van der Waals surface area (Å²) in [5, 5.41) is 31.7. The molecule has 0 spiro atoms. The molecular formula is C39H27Cl2F3N4O8. The van der Waals surface area contributed by atoms with Gasteiger partial charge in [-0.25, -0.2) is 14.7 Å². The Balaban J connectivity index is 1.29. The van der Waals surface area contributed by atoms with E-state index in [0.717, 1.165) is 17.0 Å². The second-order valence-corrected chi connectivity index (χ2v) is 14.8. The molecule has 12 nitrogen and oxygen atoms in total. The number of para-hydroxylation sites is 1. The van der Waals surface area contributed by atoms with E-state index in [4.69, 9.17) is 23.2 Å². The van der Waals surface area contributed by atoms with Crippen molar-refractivity contribution < 1.29 is 52.5 Å². The van der Waals surface area contributed by atoms with Gasteiger partial charge < -0.3 is 15.3 Å². The van der Waals surface area contributed by atoms with E-state index in [1.807, 2.05) is 0 Å². The molecule has 4 amide bonds. The number of carboxylic acid groups (broad SMARTS) is 1. The molecule has 3 aromatic carbocycles. The number of carbonyl (C=O) groups is 5. The van der Waals surface area contributed by atoms with Crippen molar-refractivity contribution in [1.82, 2.24) is 9.99 Å². The average Bonchev–Trinajstić information content (AvgIpc) is 3.53. The first-order valence-electron chi connectivity index (χ1n) is 17.1. The highest BCUT2D eigenvalue weighted by molar-refractivity contribution is 6.33. The van der Waals surface area contributed by atoms with Crippen molar-refractivity contribution in [1.29, 1.82) is 0 Å². The van der Waals surface area contributed by atoms with Crippen LogP contribution in [0.5, 0.6) is 11.5 Å². The molecule has 1 saturated carbocycles. The molecule has 56 heavy (non-hydrogen) atoms. The van der Waals surface area contributed by atoms with Crippen molar-refractivity contribution >= 4 is 64.3 Å². The minimum absolute atomic E-state index is 0.0113. The number of anilines is 2. The van der Waals surface area contributed by atoms with E-state index in [-0.39, 0.29) is 29.8 Å². The number of nitrogens with one attached hydrogen (secondary N) is 1. The first-order valence-corrected chi connectivity index (χ1v) is 17.9. The summed E-state index contributed by atoms with van der Waals surface area (Å²) in [5.74, 6) is -11.1. The van der Waals surface area contributed by atoms with Crippen molar-refractivity contribution in [3.8, 4) is 11.5 Å². The van der Waals surface area contributed by atoms with Gasteiger partial charge >= 0.3 is 12.1 Å². The van der Waals surface area contributed by atoms with Gasteiger partial charge in [-0.2, -0.15) is 18.2 Å². The molecule has 286 valence electrons. The molecule has 2 aliphatic carbocycles. The number of aromatic hydroxyl groups is 2. The predicted molar refractivity (Wildman–Crippen MR) is 193 cm³/mol. The van der Waals surface area contributed by atoms with Gasteiger partial charge in [-0.05, 0) is 60.7 Å². The Bertz CT molecular complexity index is 2430. The Morgan fingerprint density at radius 2 is 1.61 bits per heavy atom. The molecule has 4 N–H and O–H groups in total. The summed E-state index contributed by atoms with van der Waals surface area (Å²) in [6, 6.07) is 16.2. The number of pyridine rings is 1. The lowest BCUT2D eigenvalue weighted by Gasteiger charge is -2.50. The van der Waals surface area contributed by atoms with Gasteiger partial charge in [0.05, 0.1) is 39.4 Å². The van der Waals surface area contributed by atoms with Crippen LogP contribution in [-0.4, -0.2) is 54.9 Å². The van der Waals surface area contributed by atoms with E-state index in [1.54, 1.807) is 36.4 Å². The van der Waals surface area contributed by atoms with Gasteiger partial charge in [0.15, 0.2) is 5.82 Å². The van der Waals surface area contributed by atoms with Gasteiger partial charge in [-0.1, -0.05) is 65.2 Å². The van der Waals surface area contributed by atoms with E-state index < -0.39 is 98.5 Å². The summed E-state index contributed by atoms with van der Waals surface area (Å²) in [4.78, 5) is 74.6. The normalized spacial score (nSPS) is 25.8. The van der Waals surface area contributed by atoms with Gasteiger partial charge in [0, 0.05) is 28.8 Å². The number of aromatic carboxylic acids is 1. The summed E-state index contributed by atoms with van der Waals surface area (Å²) in [6.07, 6.45) is -2.72. The zero-order chi connectivity index (χ0) is 40.0. The molecule has 1 aromatic heterocycles. The molecular weight excluding hydrogens is 780 g/mol. The fourth-order valence-electron chi connectivity index (χ4n) is 8.95. The Labute approximate surface area is 324 Å². The smallest absolute Gasteiger partial charge is 0.417 e. The Morgan fingerprint density at radius 1 is 0.893 bits per heavy atom. The van der Waals surface area contributed by atoms with Gasteiger partial charge in [-0.3, -0.25) is 24.6 Å². The summed E-state index contributed by atoms with van der Waals surface area (Å²) >= 11 is 12.5. The molecule has 4 aromatic rings. The number of nitrogens with zero attached hydrogens (tertiary/aromatic N) is 3. The SMILES string of the molecule is O=C(O)c1ccc(N2C(=O)[C@H]3[C@H](CC=C4[C@H]3C[C@H]3C(=O)N(Nc5ncc(C(F)(F)F)cc5Cl)C(=O)[C@@]3(c3ccc(Cl)cc3)[C@H]4c3ccccc3O)C2=O)cc1O. The molecule has 17 heteroatoms. The van der Waals surface area contributed by atoms with Crippen LogP contribution in [0.25, 0.3) is 0 Å². The Kier molecular flexibility index (Phi) is 8.65. The summed E-state index contributed by atoms with van der Waals surface area (Å²) in [6.45, 7) is 0. The molecule has 0 bridgehead atoms.